The molecule has 1 aromatic rings. The first-order chi connectivity index (χ1) is 10.9. The van der Waals surface area contributed by atoms with E-state index in [2.05, 4.69) is 24.1 Å². The van der Waals surface area contributed by atoms with Crippen LogP contribution in [0.1, 0.15) is 48.7 Å². The van der Waals surface area contributed by atoms with Gasteiger partial charge < -0.3 is 19.9 Å². The number of amides is 1. The standard InChI is InChI=1S/C16H26N2O4S/c1-9(2)11(8-19)13(10(3)4)18-14(20)12-7-17-15(23-12)16-21-5-6-22-16/h7,9-11,13,16,19H,5-6,8H2,1-4H3,(H,18,20)/t11-,13-/m0/s1. The summed E-state index contributed by atoms with van der Waals surface area (Å²) in [6, 6.07) is -0.0861. The number of thiazole rings is 1. The Hall–Kier alpha value is -1.02. The lowest BCUT2D eigenvalue weighted by molar-refractivity contribution is -0.0442. The van der Waals surface area contributed by atoms with Crippen molar-refractivity contribution in [2.75, 3.05) is 19.8 Å². The Labute approximate surface area is 141 Å². The third-order valence-electron chi connectivity index (χ3n) is 4.12. The molecule has 1 fully saturated rings. The van der Waals surface area contributed by atoms with Crippen LogP contribution in [0.15, 0.2) is 6.20 Å². The zero-order chi connectivity index (χ0) is 17.0. The highest BCUT2D eigenvalue weighted by Crippen LogP contribution is 2.28. The van der Waals surface area contributed by atoms with Crippen LogP contribution in [0.5, 0.6) is 0 Å². The highest BCUT2D eigenvalue weighted by Gasteiger charge is 2.29. The Kier molecular flexibility index (Phi) is 6.52. The lowest BCUT2D eigenvalue weighted by Crippen LogP contribution is -2.46. The van der Waals surface area contributed by atoms with Gasteiger partial charge in [-0.2, -0.15) is 0 Å². The maximum absolute atomic E-state index is 12.5. The Balaban J connectivity index is 2.06. The van der Waals surface area contributed by atoms with Gasteiger partial charge in [0.15, 0.2) is 0 Å². The summed E-state index contributed by atoms with van der Waals surface area (Å²) >= 11 is 1.28. The van der Waals surface area contributed by atoms with Crippen molar-refractivity contribution in [2.24, 2.45) is 17.8 Å². The van der Waals surface area contributed by atoms with E-state index >= 15 is 0 Å². The van der Waals surface area contributed by atoms with Crippen LogP contribution >= 0.6 is 11.3 Å². The van der Waals surface area contributed by atoms with Crippen molar-refractivity contribution in [1.82, 2.24) is 10.3 Å². The SMILES string of the molecule is CC(C)[C@H](CO)[C@@H](NC(=O)c1cnc(C2OCCO2)s1)C(C)C. The summed E-state index contributed by atoms with van der Waals surface area (Å²) in [7, 11) is 0. The van der Waals surface area contributed by atoms with Crippen molar-refractivity contribution in [3.63, 3.8) is 0 Å². The summed E-state index contributed by atoms with van der Waals surface area (Å²) < 4.78 is 10.8. The molecule has 2 atom stereocenters. The molecule has 0 radical (unpaired) electrons. The molecule has 0 unspecified atom stereocenters. The molecule has 0 saturated carbocycles. The van der Waals surface area contributed by atoms with Crippen molar-refractivity contribution in [2.45, 2.75) is 40.0 Å². The van der Waals surface area contributed by atoms with E-state index in [1.807, 2.05) is 13.8 Å². The predicted octanol–water partition coefficient (Wildman–Crippen LogP) is 2.21. The smallest absolute Gasteiger partial charge is 0.263 e. The molecule has 1 amide bonds. The fourth-order valence-corrected chi connectivity index (χ4v) is 3.55. The van der Waals surface area contributed by atoms with Crippen molar-refractivity contribution >= 4 is 17.2 Å². The third kappa shape index (κ3) is 4.50. The number of nitrogens with one attached hydrogen (secondary N) is 1. The van der Waals surface area contributed by atoms with Gasteiger partial charge in [0.2, 0.25) is 6.29 Å². The molecule has 7 heteroatoms. The molecule has 2 N–H and O–H groups in total. The maximum atomic E-state index is 12.5. The Morgan fingerprint density at radius 3 is 2.52 bits per heavy atom. The highest BCUT2D eigenvalue weighted by molar-refractivity contribution is 7.13. The van der Waals surface area contributed by atoms with E-state index in [0.717, 1.165) is 0 Å². The summed E-state index contributed by atoms with van der Waals surface area (Å²) in [5, 5.41) is 13.4. The van der Waals surface area contributed by atoms with Crippen molar-refractivity contribution in [1.29, 1.82) is 0 Å². The number of aliphatic hydroxyl groups excluding tert-OH is 1. The molecule has 0 aromatic carbocycles. The number of aromatic nitrogens is 1. The van der Waals surface area contributed by atoms with Gasteiger partial charge in [-0.25, -0.2) is 4.98 Å². The summed E-state index contributed by atoms with van der Waals surface area (Å²) in [6.07, 6.45) is 1.10. The number of hydrogen-bond acceptors (Lipinski definition) is 6. The molecule has 0 spiro atoms. The van der Waals surface area contributed by atoms with E-state index in [-0.39, 0.29) is 36.3 Å². The van der Waals surface area contributed by atoms with Crippen molar-refractivity contribution in [3.05, 3.63) is 16.1 Å². The Morgan fingerprint density at radius 2 is 2.00 bits per heavy atom. The number of carbonyl (C=O) groups excluding carboxylic acids is 1. The van der Waals surface area contributed by atoms with E-state index in [1.165, 1.54) is 11.3 Å². The molecule has 2 heterocycles. The minimum atomic E-state index is -0.455. The van der Waals surface area contributed by atoms with E-state index in [1.54, 1.807) is 6.20 Å². The van der Waals surface area contributed by atoms with Crippen LogP contribution in [-0.4, -0.2) is 41.9 Å². The van der Waals surface area contributed by atoms with E-state index < -0.39 is 6.29 Å². The second-order valence-corrected chi connectivity index (χ2v) is 7.53. The van der Waals surface area contributed by atoms with E-state index in [0.29, 0.717) is 23.1 Å². The molecule has 0 bridgehead atoms. The van der Waals surface area contributed by atoms with E-state index in [9.17, 15) is 9.90 Å². The summed E-state index contributed by atoms with van der Waals surface area (Å²) in [6.45, 7) is 9.37. The lowest BCUT2D eigenvalue weighted by atomic mass is 9.83. The fourth-order valence-electron chi connectivity index (χ4n) is 2.73. The highest BCUT2D eigenvalue weighted by atomic mass is 32.1. The lowest BCUT2D eigenvalue weighted by Gasteiger charge is -2.32. The largest absolute Gasteiger partial charge is 0.396 e. The molecule has 1 aromatic heterocycles. The van der Waals surface area contributed by atoms with Gasteiger partial charge >= 0.3 is 0 Å². The van der Waals surface area contributed by atoms with Gasteiger partial charge in [-0.3, -0.25) is 4.79 Å². The zero-order valence-electron chi connectivity index (χ0n) is 14.1. The second kappa shape index (κ2) is 8.19. The van der Waals surface area contributed by atoms with Crippen molar-refractivity contribution < 1.29 is 19.4 Å². The summed E-state index contributed by atoms with van der Waals surface area (Å²) in [4.78, 5) is 17.3. The normalized spacial score (nSPS) is 18.6. The first-order valence-electron chi connectivity index (χ1n) is 8.04. The van der Waals surface area contributed by atoms with Gasteiger partial charge in [-0.1, -0.05) is 27.7 Å². The number of rotatable bonds is 7. The third-order valence-corrected chi connectivity index (χ3v) is 5.13. The monoisotopic (exact) mass is 342 g/mol. The zero-order valence-corrected chi connectivity index (χ0v) is 14.9. The number of nitrogens with zero attached hydrogens (tertiary/aromatic N) is 1. The molecule has 6 nitrogen and oxygen atoms in total. The van der Waals surface area contributed by atoms with Crippen LogP contribution in [0.3, 0.4) is 0 Å². The second-order valence-electron chi connectivity index (χ2n) is 6.47. The van der Waals surface area contributed by atoms with Gasteiger partial charge in [-0.05, 0) is 11.8 Å². The van der Waals surface area contributed by atoms with Gasteiger partial charge in [-0.15, -0.1) is 11.3 Å². The van der Waals surface area contributed by atoms with Gasteiger partial charge in [0.1, 0.15) is 9.88 Å². The topological polar surface area (TPSA) is 80.7 Å². The molecule has 1 aliphatic rings. The number of hydrogen-bond donors (Lipinski definition) is 2. The number of carbonyl (C=O) groups is 1. The Bertz CT molecular complexity index is 512. The van der Waals surface area contributed by atoms with Crippen LogP contribution in [-0.2, 0) is 9.47 Å². The maximum Gasteiger partial charge on any atom is 0.263 e. The molecular weight excluding hydrogens is 316 g/mol. The fraction of sp³-hybridized carbons (Fsp3) is 0.750. The Morgan fingerprint density at radius 1 is 1.35 bits per heavy atom. The minimum Gasteiger partial charge on any atom is -0.396 e. The molecule has 130 valence electrons. The first kappa shape index (κ1) is 18.3. The van der Waals surface area contributed by atoms with Gasteiger partial charge in [0, 0.05) is 18.6 Å². The molecule has 2 rings (SSSR count). The van der Waals surface area contributed by atoms with Crippen LogP contribution < -0.4 is 5.32 Å². The van der Waals surface area contributed by atoms with Crippen LogP contribution in [0.4, 0.5) is 0 Å². The summed E-state index contributed by atoms with van der Waals surface area (Å²) in [5.74, 6) is 0.370. The molecular formula is C16H26N2O4S. The molecule has 0 aliphatic carbocycles. The number of aliphatic hydroxyl groups is 1. The van der Waals surface area contributed by atoms with Crippen LogP contribution in [0.25, 0.3) is 0 Å². The number of ether oxygens (including phenoxy) is 2. The van der Waals surface area contributed by atoms with Gasteiger partial charge in [0.25, 0.3) is 5.91 Å². The average Bonchev–Trinajstić information content (AvgIpc) is 3.17. The van der Waals surface area contributed by atoms with E-state index in [4.69, 9.17) is 9.47 Å². The summed E-state index contributed by atoms with van der Waals surface area (Å²) in [5.41, 5.74) is 0. The van der Waals surface area contributed by atoms with Crippen LogP contribution in [0.2, 0.25) is 0 Å². The minimum absolute atomic E-state index is 0.0211. The molecule has 1 aliphatic heterocycles. The molecule has 23 heavy (non-hydrogen) atoms. The first-order valence-corrected chi connectivity index (χ1v) is 8.86. The van der Waals surface area contributed by atoms with Crippen LogP contribution in [0, 0.1) is 17.8 Å². The average molecular weight is 342 g/mol. The van der Waals surface area contributed by atoms with Crippen molar-refractivity contribution in [3.8, 4) is 0 Å². The quantitative estimate of drug-likeness (QED) is 0.794. The van der Waals surface area contributed by atoms with Gasteiger partial charge in [0.05, 0.1) is 19.4 Å². The predicted molar refractivity (Wildman–Crippen MR) is 88.3 cm³/mol. The molecule has 1 saturated heterocycles.